The smallest absolute Gasteiger partial charge is 0.304 e. The van der Waals surface area contributed by atoms with E-state index in [1.165, 1.54) is 12.1 Å². The van der Waals surface area contributed by atoms with Gasteiger partial charge in [-0.05, 0) is 40.5 Å². The van der Waals surface area contributed by atoms with Crippen LogP contribution in [0.3, 0.4) is 0 Å². The van der Waals surface area contributed by atoms with Gasteiger partial charge < -0.3 is 5.11 Å². The fourth-order valence-corrected chi connectivity index (χ4v) is 2.64. The van der Waals surface area contributed by atoms with Crippen molar-refractivity contribution in [3.63, 3.8) is 0 Å². The van der Waals surface area contributed by atoms with Crippen molar-refractivity contribution in [2.75, 3.05) is 10.5 Å². The molecule has 18 heavy (non-hydrogen) atoms. The van der Waals surface area contributed by atoms with E-state index in [1.54, 1.807) is 6.92 Å². The molecule has 0 aliphatic carbocycles. The number of nitrogens with one attached hydrogen (secondary N) is 1. The lowest BCUT2D eigenvalue weighted by atomic mass is 10.2. The van der Waals surface area contributed by atoms with Gasteiger partial charge in [-0.15, -0.1) is 0 Å². The number of carboxylic acids is 1. The molecule has 2 N–H and O–H groups in total. The Balaban J connectivity index is 2.91. The highest BCUT2D eigenvalue weighted by Crippen LogP contribution is 2.25. The van der Waals surface area contributed by atoms with Crippen LogP contribution in [0.15, 0.2) is 16.6 Å². The summed E-state index contributed by atoms with van der Waals surface area (Å²) in [4.78, 5) is 10.3. The molecule has 0 saturated heterocycles. The highest BCUT2D eigenvalue weighted by molar-refractivity contribution is 9.10. The van der Waals surface area contributed by atoms with Crippen molar-refractivity contribution in [3.05, 3.63) is 28.0 Å². The summed E-state index contributed by atoms with van der Waals surface area (Å²) < 4.78 is 38.6. The van der Waals surface area contributed by atoms with Gasteiger partial charge in [0.2, 0.25) is 10.0 Å². The molecular formula is C10H11BrFNO4S. The first kappa shape index (κ1) is 14.9. The normalized spacial score (nSPS) is 11.3. The average Bonchev–Trinajstić information content (AvgIpc) is 2.23. The predicted octanol–water partition coefficient (Wildman–Crippen LogP) is 2.11. The number of hydrogen-bond donors (Lipinski definition) is 2. The van der Waals surface area contributed by atoms with Crippen molar-refractivity contribution in [2.24, 2.45) is 0 Å². The van der Waals surface area contributed by atoms with E-state index < -0.39 is 34.0 Å². The third kappa shape index (κ3) is 4.26. The molecule has 1 aromatic carbocycles. The van der Waals surface area contributed by atoms with Crippen molar-refractivity contribution >= 4 is 37.6 Å². The zero-order chi connectivity index (χ0) is 13.9. The van der Waals surface area contributed by atoms with Crippen LogP contribution in [0.25, 0.3) is 0 Å². The topological polar surface area (TPSA) is 83.5 Å². The second kappa shape index (κ2) is 5.66. The minimum Gasteiger partial charge on any atom is -0.481 e. The Morgan fingerprint density at radius 3 is 2.67 bits per heavy atom. The van der Waals surface area contributed by atoms with Crippen LogP contribution in [0.1, 0.15) is 12.0 Å². The van der Waals surface area contributed by atoms with Crippen LogP contribution >= 0.6 is 15.9 Å². The number of carboxylic acid groups (broad SMARTS) is 1. The van der Waals surface area contributed by atoms with E-state index in [2.05, 4.69) is 20.7 Å². The molecule has 0 spiro atoms. The number of hydrogen-bond acceptors (Lipinski definition) is 3. The molecule has 1 rings (SSSR count). The van der Waals surface area contributed by atoms with E-state index in [0.29, 0.717) is 5.56 Å². The molecule has 0 unspecified atom stereocenters. The molecule has 0 aliphatic heterocycles. The Morgan fingerprint density at radius 1 is 1.50 bits per heavy atom. The number of anilines is 1. The molecular weight excluding hydrogens is 329 g/mol. The van der Waals surface area contributed by atoms with Crippen molar-refractivity contribution in [1.82, 2.24) is 0 Å². The molecule has 0 aromatic heterocycles. The van der Waals surface area contributed by atoms with Gasteiger partial charge in [-0.3, -0.25) is 9.52 Å². The van der Waals surface area contributed by atoms with Crippen LogP contribution in [0.2, 0.25) is 0 Å². The number of sulfonamides is 1. The molecule has 100 valence electrons. The number of carbonyl (C=O) groups is 1. The van der Waals surface area contributed by atoms with Crippen LogP contribution in [-0.4, -0.2) is 25.2 Å². The van der Waals surface area contributed by atoms with E-state index in [-0.39, 0.29) is 10.2 Å². The Kier molecular flexibility index (Phi) is 4.69. The molecule has 0 aliphatic rings. The third-order valence-electron chi connectivity index (χ3n) is 2.12. The van der Waals surface area contributed by atoms with Crippen LogP contribution in [0.5, 0.6) is 0 Å². The molecule has 0 radical (unpaired) electrons. The highest BCUT2D eigenvalue weighted by atomic mass is 79.9. The first-order chi connectivity index (χ1) is 8.21. The molecule has 0 heterocycles. The molecule has 8 heteroatoms. The lowest BCUT2D eigenvalue weighted by molar-refractivity contribution is -0.136. The van der Waals surface area contributed by atoms with Crippen molar-refractivity contribution in [1.29, 1.82) is 0 Å². The average molecular weight is 340 g/mol. The standard InChI is InChI=1S/C10H11BrFNO4S/c1-6-4-8(12)7(11)5-9(6)13-18(16,17)3-2-10(14)15/h4-5,13H,2-3H2,1H3,(H,14,15). The Hall–Kier alpha value is -1.15. The quantitative estimate of drug-likeness (QED) is 0.860. The molecule has 0 fully saturated rings. The summed E-state index contributed by atoms with van der Waals surface area (Å²) in [6.45, 7) is 1.55. The van der Waals surface area contributed by atoms with Gasteiger partial charge >= 0.3 is 5.97 Å². The van der Waals surface area contributed by atoms with Crippen molar-refractivity contribution in [2.45, 2.75) is 13.3 Å². The van der Waals surface area contributed by atoms with E-state index in [4.69, 9.17) is 5.11 Å². The van der Waals surface area contributed by atoms with Crippen LogP contribution in [0, 0.1) is 12.7 Å². The van der Waals surface area contributed by atoms with Crippen molar-refractivity contribution in [3.8, 4) is 0 Å². The number of aliphatic carboxylic acids is 1. The van der Waals surface area contributed by atoms with Gasteiger partial charge in [0.05, 0.1) is 22.3 Å². The van der Waals surface area contributed by atoms with E-state index >= 15 is 0 Å². The second-order valence-electron chi connectivity index (χ2n) is 3.65. The summed E-state index contributed by atoms with van der Waals surface area (Å²) in [6.07, 6.45) is -0.489. The lowest BCUT2D eigenvalue weighted by Crippen LogP contribution is -2.19. The zero-order valence-corrected chi connectivity index (χ0v) is 11.8. The summed E-state index contributed by atoms with van der Waals surface area (Å²) in [6, 6.07) is 2.47. The van der Waals surface area contributed by atoms with Gasteiger partial charge in [-0.25, -0.2) is 12.8 Å². The molecule has 1 aromatic rings. The number of benzene rings is 1. The van der Waals surface area contributed by atoms with Crippen molar-refractivity contribution < 1.29 is 22.7 Å². The molecule has 0 saturated carbocycles. The SMILES string of the molecule is Cc1cc(F)c(Br)cc1NS(=O)(=O)CCC(=O)O. The highest BCUT2D eigenvalue weighted by Gasteiger charge is 2.15. The molecule has 0 atom stereocenters. The van der Waals surface area contributed by atoms with Gasteiger partial charge in [0, 0.05) is 0 Å². The number of rotatable bonds is 5. The largest absolute Gasteiger partial charge is 0.481 e. The minimum absolute atomic E-state index is 0.129. The number of aryl methyl sites for hydroxylation is 1. The lowest BCUT2D eigenvalue weighted by Gasteiger charge is -2.10. The Labute approximate surface area is 112 Å². The maximum atomic E-state index is 13.1. The van der Waals surface area contributed by atoms with Gasteiger partial charge in [0.1, 0.15) is 5.82 Å². The minimum atomic E-state index is -3.76. The first-order valence-corrected chi connectivity index (χ1v) is 7.34. The van der Waals surface area contributed by atoms with Gasteiger partial charge in [0.15, 0.2) is 0 Å². The molecule has 0 amide bonds. The summed E-state index contributed by atoms with van der Waals surface area (Å²) >= 11 is 2.95. The predicted molar refractivity (Wildman–Crippen MR) is 68.5 cm³/mol. The zero-order valence-electron chi connectivity index (χ0n) is 9.41. The molecule has 0 bridgehead atoms. The van der Waals surface area contributed by atoms with E-state index in [0.717, 1.165) is 0 Å². The number of halogens is 2. The Bertz CT molecular complexity index is 573. The summed E-state index contributed by atoms with van der Waals surface area (Å²) in [5.41, 5.74) is 0.628. The first-order valence-electron chi connectivity index (χ1n) is 4.89. The maximum absolute atomic E-state index is 13.1. The van der Waals surface area contributed by atoms with Crippen LogP contribution < -0.4 is 4.72 Å². The monoisotopic (exact) mass is 339 g/mol. The fourth-order valence-electron chi connectivity index (χ4n) is 1.20. The van der Waals surface area contributed by atoms with E-state index in [1.807, 2.05) is 0 Å². The molecule has 5 nitrogen and oxygen atoms in total. The summed E-state index contributed by atoms with van der Waals surface area (Å²) in [7, 11) is -3.76. The van der Waals surface area contributed by atoms with Gasteiger partial charge in [-0.2, -0.15) is 0 Å². The van der Waals surface area contributed by atoms with Crippen LogP contribution in [0.4, 0.5) is 10.1 Å². The summed E-state index contributed by atoms with van der Waals surface area (Å²) in [5, 5.41) is 8.43. The summed E-state index contributed by atoms with van der Waals surface area (Å²) in [5.74, 6) is -2.23. The third-order valence-corrected chi connectivity index (χ3v) is 4.00. The fraction of sp³-hybridized carbons (Fsp3) is 0.300. The van der Waals surface area contributed by atoms with E-state index in [9.17, 15) is 17.6 Å². The van der Waals surface area contributed by atoms with Gasteiger partial charge in [0.25, 0.3) is 0 Å². The maximum Gasteiger partial charge on any atom is 0.304 e. The van der Waals surface area contributed by atoms with Crippen LogP contribution in [-0.2, 0) is 14.8 Å². The Morgan fingerprint density at radius 2 is 2.11 bits per heavy atom. The van der Waals surface area contributed by atoms with Gasteiger partial charge in [-0.1, -0.05) is 0 Å². The second-order valence-corrected chi connectivity index (χ2v) is 6.34.